The summed E-state index contributed by atoms with van der Waals surface area (Å²) in [6.45, 7) is 0. The number of benzene rings is 3. The quantitative estimate of drug-likeness (QED) is 0.294. The molecule has 0 bridgehead atoms. The number of ether oxygens (including phenoxy) is 2. The number of nitriles is 1. The van der Waals surface area contributed by atoms with E-state index in [4.69, 9.17) is 13.9 Å². The van der Waals surface area contributed by atoms with E-state index in [1.807, 2.05) is 6.07 Å². The summed E-state index contributed by atoms with van der Waals surface area (Å²) in [5, 5.41) is 20.9. The number of ketones is 1. The van der Waals surface area contributed by atoms with Gasteiger partial charge in [-0.05, 0) is 66.2 Å². The number of halogens is 1. The Morgan fingerprint density at radius 2 is 1.76 bits per heavy atom. The van der Waals surface area contributed by atoms with Gasteiger partial charge in [-0.1, -0.05) is 22.0 Å². The monoisotopic (exact) mass is 558 g/mol. The lowest BCUT2D eigenvalue weighted by Crippen LogP contribution is -2.31. The molecule has 1 aliphatic rings. The molecule has 2 heterocycles. The van der Waals surface area contributed by atoms with Crippen molar-refractivity contribution in [2.45, 2.75) is 6.04 Å². The number of nitrogens with zero attached hydrogens (tertiary/aromatic N) is 2. The molecule has 0 saturated heterocycles. The number of aliphatic hydroxyl groups is 1. The Hall–Kier alpha value is -4.55. The van der Waals surface area contributed by atoms with Gasteiger partial charge in [-0.25, -0.2) is 0 Å². The van der Waals surface area contributed by atoms with E-state index >= 15 is 0 Å². The SMILES string of the molecule is COc1ccc(C2C(C(=O)c3cc4cc(Br)ccc4o3)=C(O)C(=O)N2c2ccc(C#N)cc2)cc1OC. The van der Waals surface area contributed by atoms with Crippen LogP contribution < -0.4 is 14.4 Å². The van der Waals surface area contributed by atoms with Crippen LogP contribution in [-0.2, 0) is 4.79 Å². The topological polar surface area (TPSA) is 113 Å². The molecule has 0 saturated carbocycles. The molecule has 3 aromatic carbocycles. The van der Waals surface area contributed by atoms with E-state index in [-0.39, 0.29) is 11.3 Å². The number of carbonyl (C=O) groups is 2. The van der Waals surface area contributed by atoms with Crippen LogP contribution in [-0.4, -0.2) is 31.0 Å². The van der Waals surface area contributed by atoms with Gasteiger partial charge < -0.3 is 19.0 Å². The molecule has 1 atom stereocenters. The first-order chi connectivity index (χ1) is 17.9. The third-order valence-corrected chi connectivity index (χ3v) is 6.65. The van der Waals surface area contributed by atoms with Crippen molar-refractivity contribution in [2.24, 2.45) is 0 Å². The van der Waals surface area contributed by atoms with Gasteiger partial charge in [0.1, 0.15) is 5.58 Å². The summed E-state index contributed by atoms with van der Waals surface area (Å²) in [4.78, 5) is 28.5. The van der Waals surface area contributed by atoms with Gasteiger partial charge in [0.2, 0.25) is 5.78 Å². The first kappa shape index (κ1) is 24.2. The average Bonchev–Trinajstić information content (AvgIpc) is 3.46. The maximum absolute atomic E-state index is 13.8. The number of fused-ring (bicyclic) bond motifs is 1. The van der Waals surface area contributed by atoms with Gasteiger partial charge in [-0.15, -0.1) is 0 Å². The van der Waals surface area contributed by atoms with Gasteiger partial charge in [0.05, 0.1) is 37.5 Å². The van der Waals surface area contributed by atoms with E-state index in [0.29, 0.717) is 39.3 Å². The largest absolute Gasteiger partial charge is 0.503 e. The second-order valence-electron chi connectivity index (χ2n) is 8.23. The average molecular weight is 559 g/mol. The highest BCUT2D eigenvalue weighted by Gasteiger charge is 2.45. The van der Waals surface area contributed by atoms with Gasteiger partial charge in [-0.3, -0.25) is 14.5 Å². The zero-order valence-corrected chi connectivity index (χ0v) is 21.3. The second-order valence-corrected chi connectivity index (χ2v) is 9.15. The van der Waals surface area contributed by atoms with Crippen molar-refractivity contribution in [3.8, 4) is 17.6 Å². The summed E-state index contributed by atoms with van der Waals surface area (Å²) in [6.07, 6.45) is 0. The minimum atomic E-state index is -1.01. The Bertz CT molecular complexity index is 1630. The van der Waals surface area contributed by atoms with E-state index < -0.39 is 23.5 Å². The molecular formula is C28H19BrN2O6. The number of amides is 1. The number of rotatable bonds is 6. The fourth-order valence-corrected chi connectivity index (χ4v) is 4.78. The molecule has 0 spiro atoms. The fourth-order valence-electron chi connectivity index (χ4n) is 4.40. The number of aliphatic hydroxyl groups excluding tert-OH is 1. The number of Topliss-reactive ketones (excluding diaryl/α,β-unsaturated/α-hetero) is 1. The molecular weight excluding hydrogens is 540 g/mol. The highest BCUT2D eigenvalue weighted by molar-refractivity contribution is 9.10. The molecule has 0 aliphatic carbocycles. The van der Waals surface area contributed by atoms with Crippen LogP contribution in [0.25, 0.3) is 11.0 Å². The Morgan fingerprint density at radius 3 is 2.43 bits per heavy atom. The number of methoxy groups -OCH3 is 2. The maximum Gasteiger partial charge on any atom is 0.294 e. The van der Waals surface area contributed by atoms with E-state index in [0.717, 1.165) is 4.47 Å². The summed E-state index contributed by atoms with van der Waals surface area (Å²) < 4.78 is 17.4. The van der Waals surface area contributed by atoms with Crippen molar-refractivity contribution in [3.05, 3.63) is 99.4 Å². The zero-order chi connectivity index (χ0) is 26.3. The lowest BCUT2D eigenvalue weighted by atomic mass is 9.94. The summed E-state index contributed by atoms with van der Waals surface area (Å²) in [5.74, 6) is -1.24. The van der Waals surface area contributed by atoms with Crippen molar-refractivity contribution >= 4 is 44.3 Å². The van der Waals surface area contributed by atoms with Gasteiger partial charge in [0.15, 0.2) is 23.0 Å². The summed E-state index contributed by atoms with van der Waals surface area (Å²) in [7, 11) is 2.98. The summed E-state index contributed by atoms with van der Waals surface area (Å²) in [5.41, 5.74) is 1.65. The Morgan fingerprint density at radius 1 is 1.03 bits per heavy atom. The number of furan rings is 1. The normalized spacial score (nSPS) is 15.2. The molecule has 0 radical (unpaired) electrons. The number of hydrogen-bond acceptors (Lipinski definition) is 7. The molecule has 1 aromatic heterocycles. The first-order valence-electron chi connectivity index (χ1n) is 11.1. The van der Waals surface area contributed by atoms with Gasteiger partial charge in [0, 0.05) is 15.5 Å². The molecule has 37 heavy (non-hydrogen) atoms. The summed E-state index contributed by atoms with van der Waals surface area (Å²) in [6, 6.07) is 19.2. The first-order valence-corrected chi connectivity index (χ1v) is 11.9. The number of anilines is 1. The minimum Gasteiger partial charge on any atom is -0.503 e. The number of hydrogen-bond donors (Lipinski definition) is 1. The maximum atomic E-state index is 13.8. The Balaban J connectivity index is 1.67. The third-order valence-electron chi connectivity index (χ3n) is 6.15. The molecule has 4 aromatic rings. The third kappa shape index (κ3) is 4.11. The van der Waals surface area contributed by atoms with Crippen LogP contribution >= 0.6 is 15.9 Å². The van der Waals surface area contributed by atoms with E-state index in [9.17, 15) is 20.0 Å². The molecule has 0 fully saturated rings. The van der Waals surface area contributed by atoms with Crippen LogP contribution in [0.2, 0.25) is 0 Å². The van der Waals surface area contributed by atoms with Crippen LogP contribution in [0.15, 0.2) is 87.0 Å². The standard InChI is InChI=1S/C28H19BrN2O6/c1-35-21-9-5-16(12-22(21)36-2)25-24(26(32)23-13-17-11-18(29)6-10-20(17)37-23)27(33)28(34)31(25)19-7-3-15(14-30)4-8-19/h3-13,25,33H,1-2H3. The molecule has 5 rings (SSSR count). The van der Waals surface area contributed by atoms with Gasteiger partial charge >= 0.3 is 0 Å². The van der Waals surface area contributed by atoms with Crippen molar-refractivity contribution < 1.29 is 28.6 Å². The van der Waals surface area contributed by atoms with Crippen molar-refractivity contribution in [3.63, 3.8) is 0 Å². The fraction of sp³-hybridized carbons (Fsp3) is 0.107. The van der Waals surface area contributed by atoms with Gasteiger partial charge in [0.25, 0.3) is 5.91 Å². The van der Waals surface area contributed by atoms with Crippen LogP contribution in [0, 0.1) is 11.3 Å². The number of carbonyl (C=O) groups excluding carboxylic acids is 2. The Labute approximate surface area is 220 Å². The van der Waals surface area contributed by atoms with Crippen molar-refractivity contribution in [1.82, 2.24) is 0 Å². The lowest BCUT2D eigenvalue weighted by Gasteiger charge is -2.27. The predicted molar refractivity (Wildman–Crippen MR) is 139 cm³/mol. The highest BCUT2D eigenvalue weighted by atomic mass is 79.9. The molecule has 1 amide bonds. The zero-order valence-electron chi connectivity index (χ0n) is 19.7. The van der Waals surface area contributed by atoms with Crippen LogP contribution in [0.5, 0.6) is 11.5 Å². The minimum absolute atomic E-state index is 0.0189. The van der Waals surface area contributed by atoms with Gasteiger partial charge in [-0.2, -0.15) is 5.26 Å². The Kier molecular flexibility index (Phi) is 6.19. The molecule has 8 nitrogen and oxygen atoms in total. The predicted octanol–water partition coefficient (Wildman–Crippen LogP) is 5.87. The van der Waals surface area contributed by atoms with Crippen molar-refractivity contribution in [1.29, 1.82) is 5.26 Å². The van der Waals surface area contributed by atoms with Crippen LogP contribution in [0.4, 0.5) is 5.69 Å². The summed E-state index contributed by atoms with van der Waals surface area (Å²) >= 11 is 3.40. The lowest BCUT2D eigenvalue weighted by molar-refractivity contribution is -0.117. The van der Waals surface area contributed by atoms with E-state index in [2.05, 4.69) is 15.9 Å². The second kappa shape index (κ2) is 9.48. The molecule has 1 aliphatic heterocycles. The highest BCUT2D eigenvalue weighted by Crippen LogP contribution is 2.44. The molecule has 1 N–H and O–H groups in total. The molecule has 184 valence electrons. The van der Waals surface area contributed by atoms with Crippen LogP contribution in [0.1, 0.15) is 27.7 Å². The van der Waals surface area contributed by atoms with Crippen molar-refractivity contribution in [2.75, 3.05) is 19.1 Å². The molecule has 1 unspecified atom stereocenters. The molecule has 9 heteroatoms. The van der Waals surface area contributed by atoms with E-state index in [1.54, 1.807) is 66.7 Å². The smallest absolute Gasteiger partial charge is 0.294 e. The van der Waals surface area contributed by atoms with Crippen LogP contribution in [0.3, 0.4) is 0 Å². The van der Waals surface area contributed by atoms with E-state index in [1.165, 1.54) is 19.1 Å².